The average molecular weight is 481 g/mol. The Morgan fingerprint density at radius 2 is 1.09 bits per heavy atom. The monoisotopic (exact) mass is 480 g/mol. The zero-order valence-corrected chi connectivity index (χ0v) is 19.7. The number of H-pyrrole nitrogens is 2. The lowest BCUT2D eigenvalue weighted by Crippen LogP contribution is -1.85. The summed E-state index contributed by atoms with van der Waals surface area (Å²) in [5.41, 5.74) is 8.33. The quantitative estimate of drug-likeness (QED) is 0.254. The number of fused-ring (bicyclic) bond motifs is 2. The smallest absolute Gasteiger partial charge is 0.166 e. The summed E-state index contributed by atoms with van der Waals surface area (Å²) in [4.78, 5) is 25.1. The number of pyridine rings is 2. The van der Waals surface area contributed by atoms with Gasteiger partial charge in [0.25, 0.3) is 0 Å². The molecule has 8 heteroatoms. The second kappa shape index (κ2) is 9.32. The summed E-state index contributed by atoms with van der Waals surface area (Å²) >= 11 is 3.32. The molecule has 6 nitrogen and oxygen atoms in total. The van der Waals surface area contributed by atoms with Gasteiger partial charge in [-0.3, -0.25) is 9.97 Å². The summed E-state index contributed by atoms with van der Waals surface area (Å²) in [6.07, 6.45) is 3.64. The molecule has 0 saturated carbocycles. The Morgan fingerprint density at radius 1 is 0.588 bits per heavy atom. The second-order valence-electron chi connectivity index (χ2n) is 7.77. The van der Waals surface area contributed by atoms with E-state index in [0.717, 1.165) is 66.4 Å². The lowest BCUT2D eigenvalue weighted by molar-refractivity contribution is 1.07. The van der Waals surface area contributed by atoms with Gasteiger partial charge in [0, 0.05) is 23.9 Å². The molecule has 0 unspecified atom stereocenters. The highest BCUT2D eigenvalue weighted by Gasteiger charge is 2.09. The van der Waals surface area contributed by atoms with Gasteiger partial charge in [-0.2, -0.15) is 0 Å². The van der Waals surface area contributed by atoms with Crippen LogP contribution in [0, 0.1) is 0 Å². The Balaban J connectivity index is 1.20. The van der Waals surface area contributed by atoms with Crippen LogP contribution in [0.1, 0.15) is 11.4 Å². The van der Waals surface area contributed by atoms with Gasteiger partial charge in [0.05, 0.1) is 33.5 Å². The molecule has 0 amide bonds. The van der Waals surface area contributed by atoms with Crippen molar-refractivity contribution >= 4 is 45.6 Å². The number of hydrogen-bond acceptors (Lipinski definition) is 6. The van der Waals surface area contributed by atoms with Gasteiger partial charge in [0.1, 0.15) is 0 Å². The Morgan fingerprint density at radius 3 is 1.53 bits per heavy atom. The third-order valence-electron chi connectivity index (χ3n) is 5.42. The first-order chi connectivity index (χ1) is 16.8. The van der Waals surface area contributed by atoms with Gasteiger partial charge < -0.3 is 9.97 Å². The number of benzene rings is 2. The molecule has 0 bridgehead atoms. The Bertz CT molecular complexity index is 1440. The maximum atomic E-state index is 4.72. The largest absolute Gasteiger partial charge is 0.333 e. The Labute approximate surface area is 204 Å². The molecule has 0 aliphatic rings. The number of imidazole rings is 2. The highest BCUT2D eigenvalue weighted by atomic mass is 32.2. The van der Waals surface area contributed by atoms with E-state index in [4.69, 9.17) is 9.97 Å². The minimum absolute atomic E-state index is 0.782. The summed E-state index contributed by atoms with van der Waals surface area (Å²) in [6.45, 7) is 0. The highest BCUT2D eigenvalue weighted by Crippen LogP contribution is 2.29. The van der Waals surface area contributed by atoms with Crippen molar-refractivity contribution in [3.8, 4) is 11.1 Å². The molecular formula is C26H20N6S2. The molecule has 0 radical (unpaired) electrons. The number of nitrogens with zero attached hydrogens (tertiary/aromatic N) is 4. The van der Waals surface area contributed by atoms with Crippen molar-refractivity contribution in [3.63, 3.8) is 0 Å². The van der Waals surface area contributed by atoms with Gasteiger partial charge in [-0.15, -0.1) is 0 Å². The molecule has 34 heavy (non-hydrogen) atoms. The van der Waals surface area contributed by atoms with E-state index in [0.29, 0.717) is 0 Å². The van der Waals surface area contributed by atoms with Crippen molar-refractivity contribution in [2.24, 2.45) is 0 Å². The Kier molecular flexibility index (Phi) is 5.74. The fourth-order valence-corrected chi connectivity index (χ4v) is 5.32. The minimum Gasteiger partial charge on any atom is -0.333 e. The molecule has 2 N–H and O–H groups in total. The second-order valence-corrected chi connectivity index (χ2v) is 9.70. The molecule has 0 spiro atoms. The van der Waals surface area contributed by atoms with Gasteiger partial charge in [-0.25, -0.2) is 9.97 Å². The highest BCUT2D eigenvalue weighted by molar-refractivity contribution is 7.98. The molecule has 0 fully saturated rings. The summed E-state index contributed by atoms with van der Waals surface area (Å²) in [7, 11) is 0. The first-order valence-electron chi connectivity index (χ1n) is 10.9. The van der Waals surface area contributed by atoms with Crippen molar-refractivity contribution < 1.29 is 0 Å². The van der Waals surface area contributed by atoms with Crippen LogP contribution in [0.5, 0.6) is 0 Å². The maximum absolute atomic E-state index is 4.72. The number of thioether (sulfide) groups is 2. The van der Waals surface area contributed by atoms with Crippen LogP contribution in [0.15, 0.2) is 95.5 Å². The molecule has 6 rings (SSSR count). The van der Waals surface area contributed by atoms with E-state index in [1.165, 1.54) is 0 Å². The maximum Gasteiger partial charge on any atom is 0.166 e. The predicted octanol–water partition coefficient (Wildman–Crippen LogP) is 6.48. The standard InChI is InChI=1S/C26H20N6S2/c1-3-11-27-19(5-1)15-33-25-29-21-9-7-17(13-23(21)31-25)18-8-10-22-24(14-18)32-26(30-22)34-16-20-6-2-4-12-28-20/h1-14H,15-16H2,(H,29,31)(H,30,32). The molecule has 0 aliphatic heterocycles. The van der Waals surface area contributed by atoms with Gasteiger partial charge in [-0.1, -0.05) is 47.8 Å². The first-order valence-corrected chi connectivity index (χ1v) is 12.8. The van der Waals surface area contributed by atoms with Crippen LogP contribution in [-0.2, 0) is 11.5 Å². The van der Waals surface area contributed by atoms with Crippen molar-refractivity contribution in [1.82, 2.24) is 29.9 Å². The van der Waals surface area contributed by atoms with Crippen molar-refractivity contribution in [3.05, 3.63) is 96.6 Å². The van der Waals surface area contributed by atoms with Crippen molar-refractivity contribution in [1.29, 1.82) is 0 Å². The third-order valence-corrected chi connectivity index (χ3v) is 7.23. The minimum atomic E-state index is 0.782. The van der Waals surface area contributed by atoms with Crippen LogP contribution < -0.4 is 0 Å². The number of aromatic nitrogens is 6. The number of aromatic amines is 2. The van der Waals surface area contributed by atoms with E-state index in [1.807, 2.05) is 48.8 Å². The summed E-state index contributed by atoms with van der Waals surface area (Å²) in [6, 6.07) is 24.6. The van der Waals surface area contributed by atoms with Crippen LogP contribution in [0.25, 0.3) is 33.2 Å². The molecule has 2 aromatic carbocycles. The third kappa shape index (κ3) is 4.55. The van der Waals surface area contributed by atoms with Crippen molar-refractivity contribution in [2.45, 2.75) is 21.8 Å². The average Bonchev–Trinajstić information content (AvgIpc) is 3.50. The predicted molar refractivity (Wildman–Crippen MR) is 139 cm³/mol. The summed E-state index contributed by atoms with van der Waals surface area (Å²) in [5, 5.41) is 1.80. The van der Waals surface area contributed by atoms with Crippen LogP contribution in [-0.4, -0.2) is 29.9 Å². The van der Waals surface area contributed by atoms with E-state index >= 15 is 0 Å². The van der Waals surface area contributed by atoms with Crippen molar-refractivity contribution in [2.75, 3.05) is 0 Å². The summed E-state index contributed by atoms with van der Waals surface area (Å²) in [5.74, 6) is 1.56. The van der Waals surface area contributed by atoms with Gasteiger partial charge >= 0.3 is 0 Å². The van der Waals surface area contributed by atoms with E-state index in [9.17, 15) is 0 Å². The SMILES string of the molecule is c1ccc(CSc2nc3ccc(-c4ccc5nc(SCc6ccccn6)[nH]c5c4)cc3[nH]2)nc1. The molecule has 6 aromatic rings. The topological polar surface area (TPSA) is 83.1 Å². The Hall–Kier alpha value is -3.62. The van der Waals surface area contributed by atoms with E-state index < -0.39 is 0 Å². The number of hydrogen-bond donors (Lipinski definition) is 2. The normalized spacial score (nSPS) is 11.4. The van der Waals surface area contributed by atoms with Crippen LogP contribution in [0.4, 0.5) is 0 Å². The molecule has 0 aliphatic carbocycles. The molecule has 4 aromatic heterocycles. The molecule has 0 saturated heterocycles. The summed E-state index contributed by atoms with van der Waals surface area (Å²) < 4.78 is 0. The molecule has 4 heterocycles. The molecule has 166 valence electrons. The van der Waals surface area contributed by atoms with Gasteiger partial charge in [0.15, 0.2) is 10.3 Å². The van der Waals surface area contributed by atoms with Gasteiger partial charge in [-0.05, 0) is 59.7 Å². The van der Waals surface area contributed by atoms with E-state index in [-0.39, 0.29) is 0 Å². The fraction of sp³-hybridized carbons (Fsp3) is 0.0769. The fourth-order valence-electron chi connectivity index (χ4n) is 3.72. The molecular weight excluding hydrogens is 460 g/mol. The number of rotatable bonds is 7. The number of nitrogens with one attached hydrogen (secondary N) is 2. The van der Waals surface area contributed by atoms with Crippen LogP contribution >= 0.6 is 23.5 Å². The first kappa shape index (κ1) is 20.9. The van der Waals surface area contributed by atoms with Crippen LogP contribution in [0.3, 0.4) is 0 Å². The van der Waals surface area contributed by atoms with E-state index in [2.05, 4.69) is 56.3 Å². The zero-order chi connectivity index (χ0) is 22.7. The zero-order valence-electron chi connectivity index (χ0n) is 18.1. The van der Waals surface area contributed by atoms with Crippen LogP contribution in [0.2, 0.25) is 0 Å². The molecule has 0 atom stereocenters. The lowest BCUT2D eigenvalue weighted by atomic mass is 10.0. The van der Waals surface area contributed by atoms with E-state index in [1.54, 1.807) is 23.5 Å². The lowest BCUT2D eigenvalue weighted by Gasteiger charge is -2.01. The van der Waals surface area contributed by atoms with Gasteiger partial charge in [0.2, 0.25) is 0 Å².